The molecular formula is C16H19N5O2. The van der Waals surface area contributed by atoms with Crippen molar-refractivity contribution in [3.8, 4) is 0 Å². The Balaban J connectivity index is 1.87. The molecule has 3 heterocycles. The van der Waals surface area contributed by atoms with Crippen molar-refractivity contribution < 1.29 is 4.74 Å². The van der Waals surface area contributed by atoms with E-state index in [2.05, 4.69) is 20.3 Å². The van der Waals surface area contributed by atoms with Crippen LogP contribution in [0.4, 0.5) is 5.82 Å². The van der Waals surface area contributed by atoms with Crippen molar-refractivity contribution in [3.05, 3.63) is 51.8 Å². The topological polar surface area (TPSA) is 104 Å². The third kappa shape index (κ3) is 3.81. The summed E-state index contributed by atoms with van der Waals surface area (Å²) >= 11 is 0. The van der Waals surface area contributed by atoms with Gasteiger partial charge in [-0.05, 0) is 25.0 Å². The molecule has 0 amide bonds. The fourth-order valence-electron chi connectivity index (χ4n) is 2.58. The van der Waals surface area contributed by atoms with Gasteiger partial charge in [-0.2, -0.15) is 0 Å². The van der Waals surface area contributed by atoms with Crippen LogP contribution in [-0.2, 0) is 11.2 Å². The van der Waals surface area contributed by atoms with Crippen molar-refractivity contribution in [3.63, 3.8) is 0 Å². The highest BCUT2D eigenvalue weighted by molar-refractivity contribution is 5.83. The van der Waals surface area contributed by atoms with E-state index in [1.54, 1.807) is 6.20 Å². The van der Waals surface area contributed by atoms with Gasteiger partial charge in [-0.15, -0.1) is 0 Å². The predicted octanol–water partition coefficient (Wildman–Crippen LogP) is 1.34. The Morgan fingerprint density at radius 3 is 3.09 bits per heavy atom. The maximum absolute atomic E-state index is 12.2. The first-order valence-corrected chi connectivity index (χ1v) is 7.64. The van der Waals surface area contributed by atoms with Gasteiger partial charge in [0.15, 0.2) is 0 Å². The van der Waals surface area contributed by atoms with Gasteiger partial charge >= 0.3 is 0 Å². The summed E-state index contributed by atoms with van der Waals surface area (Å²) < 4.78 is 5.44. The lowest BCUT2D eigenvalue weighted by Gasteiger charge is -2.24. The van der Waals surface area contributed by atoms with Crippen molar-refractivity contribution in [1.29, 1.82) is 5.41 Å². The van der Waals surface area contributed by atoms with Gasteiger partial charge in [-0.25, -0.2) is 4.98 Å². The van der Waals surface area contributed by atoms with E-state index in [9.17, 15) is 4.79 Å². The third-order valence-electron chi connectivity index (χ3n) is 3.72. The summed E-state index contributed by atoms with van der Waals surface area (Å²) in [6.45, 7) is 1.35. The molecule has 0 spiro atoms. The van der Waals surface area contributed by atoms with Crippen LogP contribution in [0.1, 0.15) is 29.9 Å². The second-order valence-electron chi connectivity index (χ2n) is 5.48. The Kier molecular flexibility index (Phi) is 4.77. The Hall–Kier alpha value is -2.54. The molecule has 2 aromatic heterocycles. The van der Waals surface area contributed by atoms with E-state index in [4.69, 9.17) is 10.1 Å². The van der Waals surface area contributed by atoms with Crippen LogP contribution < -0.4 is 10.9 Å². The molecule has 0 aliphatic carbocycles. The van der Waals surface area contributed by atoms with E-state index in [1.165, 1.54) is 0 Å². The van der Waals surface area contributed by atoms with E-state index >= 15 is 0 Å². The zero-order valence-corrected chi connectivity index (χ0v) is 12.7. The molecular weight excluding hydrogens is 294 g/mol. The first-order chi connectivity index (χ1) is 11.3. The van der Waals surface area contributed by atoms with Crippen LogP contribution in [0.25, 0.3) is 0 Å². The van der Waals surface area contributed by atoms with Crippen molar-refractivity contribution >= 4 is 12.0 Å². The molecule has 1 fully saturated rings. The van der Waals surface area contributed by atoms with Crippen LogP contribution in [0, 0.1) is 5.41 Å². The number of aromatic nitrogens is 3. The molecule has 23 heavy (non-hydrogen) atoms. The minimum atomic E-state index is -0.319. The molecule has 0 radical (unpaired) electrons. The summed E-state index contributed by atoms with van der Waals surface area (Å²) in [5.74, 6) is 0.962. The van der Waals surface area contributed by atoms with Crippen LogP contribution in [0.15, 0.2) is 29.2 Å². The van der Waals surface area contributed by atoms with Crippen LogP contribution in [-0.4, -0.2) is 40.4 Å². The Labute approximate surface area is 133 Å². The van der Waals surface area contributed by atoms with Gasteiger partial charge in [0.2, 0.25) is 0 Å². The van der Waals surface area contributed by atoms with E-state index < -0.39 is 0 Å². The number of rotatable bonds is 5. The molecule has 2 aromatic rings. The number of anilines is 1. The van der Waals surface area contributed by atoms with Crippen LogP contribution >= 0.6 is 0 Å². The summed E-state index contributed by atoms with van der Waals surface area (Å²) in [7, 11) is 0. The number of H-pyrrole nitrogens is 1. The van der Waals surface area contributed by atoms with Gasteiger partial charge in [0, 0.05) is 31.1 Å². The van der Waals surface area contributed by atoms with Crippen LogP contribution in [0.2, 0.25) is 0 Å². The second kappa shape index (κ2) is 7.15. The summed E-state index contributed by atoms with van der Waals surface area (Å²) in [6.07, 6.45) is 5.10. The molecule has 0 bridgehead atoms. The highest BCUT2D eigenvalue weighted by Gasteiger charge is 2.17. The molecule has 1 saturated heterocycles. The van der Waals surface area contributed by atoms with Gasteiger partial charge in [0.1, 0.15) is 11.6 Å². The average molecular weight is 313 g/mol. The summed E-state index contributed by atoms with van der Waals surface area (Å²) in [5, 5.41) is 10.7. The number of aromatic amines is 1. The molecule has 7 heteroatoms. The Morgan fingerprint density at radius 1 is 1.48 bits per heavy atom. The van der Waals surface area contributed by atoms with Crippen molar-refractivity contribution in [2.24, 2.45) is 0 Å². The van der Waals surface area contributed by atoms with E-state index in [1.807, 2.05) is 18.2 Å². The van der Waals surface area contributed by atoms with Crippen LogP contribution in [0.3, 0.4) is 0 Å². The largest absolute Gasteiger partial charge is 0.379 e. The molecule has 0 saturated carbocycles. The number of nitrogens with one attached hydrogen (secondary N) is 3. The Bertz CT molecular complexity index is 723. The van der Waals surface area contributed by atoms with Crippen LogP contribution in [0.5, 0.6) is 0 Å². The Morgan fingerprint density at radius 2 is 2.39 bits per heavy atom. The van der Waals surface area contributed by atoms with Gasteiger partial charge in [-0.1, -0.05) is 6.07 Å². The quantitative estimate of drug-likeness (QED) is 0.723. The second-order valence-corrected chi connectivity index (χ2v) is 5.48. The van der Waals surface area contributed by atoms with Gasteiger partial charge in [0.25, 0.3) is 5.56 Å². The van der Waals surface area contributed by atoms with Crippen molar-refractivity contribution in [2.75, 3.05) is 18.5 Å². The number of hydrogen-bond acceptors (Lipinski definition) is 6. The maximum atomic E-state index is 12.2. The summed E-state index contributed by atoms with van der Waals surface area (Å²) in [5.41, 5.74) is 0.741. The van der Waals surface area contributed by atoms with Gasteiger partial charge in [-0.3, -0.25) is 9.78 Å². The SMILES string of the molecule is N=Cc1c(NC2CCCOC2)nc(Cc2ccccn2)[nH]c1=O. The number of ether oxygens (including phenoxy) is 1. The van der Waals surface area contributed by atoms with Crippen molar-refractivity contribution in [1.82, 2.24) is 15.0 Å². The monoisotopic (exact) mass is 313 g/mol. The lowest BCUT2D eigenvalue weighted by Crippen LogP contribution is -2.32. The van der Waals surface area contributed by atoms with E-state index in [0.29, 0.717) is 24.7 Å². The molecule has 0 aromatic carbocycles. The van der Waals surface area contributed by atoms with Crippen molar-refractivity contribution in [2.45, 2.75) is 25.3 Å². The fraction of sp³-hybridized carbons (Fsp3) is 0.375. The first kappa shape index (κ1) is 15.4. The standard InChI is InChI=1S/C16H19N5O2/c17-9-13-15(19-12-5-3-7-23-10-12)20-14(21-16(13)22)8-11-4-1-2-6-18-11/h1-2,4,6,9,12,17H,3,5,7-8,10H2,(H2,19,20,21,22). The normalized spacial score (nSPS) is 17.7. The average Bonchev–Trinajstić information content (AvgIpc) is 2.57. The highest BCUT2D eigenvalue weighted by atomic mass is 16.5. The summed E-state index contributed by atoms with van der Waals surface area (Å²) in [6, 6.07) is 5.73. The van der Waals surface area contributed by atoms with Gasteiger partial charge in [0.05, 0.1) is 18.2 Å². The smallest absolute Gasteiger partial charge is 0.261 e. The lowest BCUT2D eigenvalue weighted by atomic mass is 10.1. The molecule has 3 N–H and O–H groups in total. The summed E-state index contributed by atoms with van der Waals surface area (Å²) in [4.78, 5) is 23.6. The molecule has 1 unspecified atom stereocenters. The lowest BCUT2D eigenvalue weighted by molar-refractivity contribution is 0.0875. The minimum absolute atomic E-state index is 0.111. The minimum Gasteiger partial charge on any atom is -0.379 e. The molecule has 1 atom stereocenters. The van der Waals surface area contributed by atoms with E-state index in [-0.39, 0.29) is 17.2 Å². The maximum Gasteiger partial charge on any atom is 0.261 e. The molecule has 1 aliphatic heterocycles. The number of hydrogen-bond donors (Lipinski definition) is 3. The fourth-order valence-corrected chi connectivity index (χ4v) is 2.58. The molecule has 120 valence electrons. The van der Waals surface area contributed by atoms with Gasteiger partial charge < -0.3 is 20.4 Å². The molecule has 1 aliphatic rings. The number of pyridine rings is 1. The predicted molar refractivity (Wildman–Crippen MR) is 87.3 cm³/mol. The zero-order chi connectivity index (χ0) is 16.1. The zero-order valence-electron chi connectivity index (χ0n) is 12.7. The number of nitrogens with zero attached hydrogens (tertiary/aromatic N) is 2. The highest BCUT2D eigenvalue weighted by Crippen LogP contribution is 2.14. The first-order valence-electron chi connectivity index (χ1n) is 7.64. The van der Waals surface area contributed by atoms with E-state index in [0.717, 1.165) is 31.4 Å². The molecule has 3 rings (SSSR count). The molecule has 7 nitrogen and oxygen atoms in total. The third-order valence-corrected chi connectivity index (χ3v) is 3.72.